The highest BCUT2D eigenvalue weighted by Crippen LogP contribution is 2.18. The molecule has 0 aromatic heterocycles. The molecular formula is C64H123NO5. The average Bonchev–Trinajstić information content (AvgIpc) is 3.36. The minimum atomic E-state index is -0.670. The summed E-state index contributed by atoms with van der Waals surface area (Å²) in [5, 5.41) is 23.4. The summed E-state index contributed by atoms with van der Waals surface area (Å²) in [5.41, 5.74) is 0. The highest BCUT2D eigenvalue weighted by Gasteiger charge is 2.20. The number of ether oxygens (including phenoxy) is 1. The van der Waals surface area contributed by atoms with E-state index >= 15 is 0 Å². The van der Waals surface area contributed by atoms with E-state index in [4.69, 9.17) is 4.74 Å². The van der Waals surface area contributed by atoms with Crippen molar-refractivity contribution in [2.24, 2.45) is 0 Å². The van der Waals surface area contributed by atoms with Crippen molar-refractivity contribution in [3.05, 3.63) is 24.3 Å². The van der Waals surface area contributed by atoms with Crippen molar-refractivity contribution in [3.63, 3.8) is 0 Å². The van der Waals surface area contributed by atoms with Crippen LogP contribution < -0.4 is 5.32 Å². The van der Waals surface area contributed by atoms with Crippen LogP contribution in [0.1, 0.15) is 348 Å². The third-order valence-corrected chi connectivity index (χ3v) is 14.7. The molecule has 0 aromatic carbocycles. The summed E-state index contributed by atoms with van der Waals surface area (Å²) in [7, 11) is 0. The van der Waals surface area contributed by atoms with Crippen LogP contribution in [0, 0.1) is 0 Å². The van der Waals surface area contributed by atoms with Crippen molar-refractivity contribution in [3.8, 4) is 0 Å². The minimum absolute atomic E-state index is 0.00239. The Morgan fingerprint density at radius 2 is 0.686 bits per heavy atom. The number of unbranched alkanes of at least 4 members (excludes halogenated alkanes) is 44. The normalized spacial score (nSPS) is 12.7. The van der Waals surface area contributed by atoms with Crippen LogP contribution in [0.5, 0.6) is 0 Å². The Balaban J connectivity index is 3.43. The first-order valence-corrected chi connectivity index (χ1v) is 31.6. The van der Waals surface area contributed by atoms with Crippen molar-refractivity contribution >= 4 is 11.9 Å². The molecule has 0 fully saturated rings. The summed E-state index contributed by atoms with van der Waals surface area (Å²) < 4.78 is 5.46. The first-order valence-electron chi connectivity index (χ1n) is 31.6. The first-order chi connectivity index (χ1) is 34.5. The molecule has 0 saturated carbocycles. The number of esters is 1. The molecule has 70 heavy (non-hydrogen) atoms. The second-order valence-electron chi connectivity index (χ2n) is 21.7. The van der Waals surface area contributed by atoms with E-state index in [0.29, 0.717) is 25.9 Å². The zero-order valence-corrected chi connectivity index (χ0v) is 47.3. The van der Waals surface area contributed by atoms with Gasteiger partial charge in [-0.3, -0.25) is 9.59 Å². The number of hydrogen-bond donors (Lipinski definition) is 3. The van der Waals surface area contributed by atoms with Gasteiger partial charge in [-0.2, -0.15) is 0 Å². The number of allylic oxidation sites excluding steroid dienone is 4. The lowest BCUT2D eigenvalue weighted by atomic mass is 10.0. The van der Waals surface area contributed by atoms with Crippen molar-refractivity contribution < 1.29 is 24.5 Å². The van der Waals surface area contributed by atoms with E-state index in [0.717, 1.165) is 44.9 Å². The molecule has 0 rings (SSSR count). The molecule has 6 heteroatoms. The van der Waals surface area contributed by atoms with Gasteiger partial charge in [-0.25, -0.2) is 0 Å². The predicted octanol–water partition coefficient (Wildman–Crippen LogP) is 19.8. The topological polar surface area (TPSA) is 95.9 Å². The van der Waals surface area contributed by atoms with Crippen LogP contribution in [-0.2, 0) is 14.3 Å². The maximum absolute atomic E-state index is 12.5. The third kappa shape index (κ3) is 55.7. The maximum atomic E-state index is 12.5. The Kier molecular flexibility index (Phi) is 58.5. The Labute approximate surface area is 437 Å². The predicted molar refractivity (Wildman–Crippen MR) is 306 cm³/mol. The lowest BCUT2D eigenvalue weighted by Crippen LogP contribution is -2.45. The van der Waals surface area contributed by atoms with Crippen LogP contribution in [0.2, 0.25) is 0 Å². The standard InChI is InChI=1S/C64H123NO5/c1-3-5-7-9-11-13-15-16-17-18-19-21-24-27-30-33-37-40-44-48-52-56-62(67)61(60-66)65-63(68)57-53-49-45-41-38-34-31-28-25-22-20-23-26-29-32-35-39-43-47-51-55-59-70-64(69)58-54-50-46-42-36-14-12-10-8-6-4-2/h10,12,22,25,61-62,66-67H,3-9,11,13-21,23-24,26-60H2,1-2H3,(H,65,68)/b12-10-,25-22-. The van der Waals surface area contributed by atoms with Crippen LogP contribution in [0.25, 0.3) is 0 Å². The van der Waals surface area contributed by atoms with E-state index in [1.807, 2.05) is 0 Å². The van der Waals surface area contributed by atoms with E-state index in [1.165, 1.54) is 270 Å². The molecule has 1 amide bonds. The second-order valence-corrected chi connectivity index (χ2v) is 21.7. The zero-order valence-electron chi connectivity index (χ0n) is 47.3. The van der Waals surface area contributed by atoms with Gasteiger partial charge in [-0.1, -0.05) is 289 Å². The van der Waals surface area contributed by atoms with Gasteiger partial charge in [0.15, 0.2) is 0 Å². The summed E-state index contributed by atoms with van der Waals surface area (Å²) in [6, 6.07) is -0.548. The van der Waals surface area contributed by atoms with Crippen LogP contribution in [0.3, 0.4) is 0 Å². The molecular weight excluding hydrogens is 863 g/mol. The third-order valence-electron chi connectivity index (χ3n) is 14.7. The van der Waals surface area contributed by atoms with E-state index in [9.17, 15) is 19.8 Å². The van der Waals surface area contributed by atoms with Crippen molar-refractivity contribution in [1.82, 2.24) is 5.32 Å². The van der Waals surface area contributed by atoms with Gasteiger partial charge in [-0.05, 0) is 70.6 Å². The van der Waals surface area contributed by atoms with Crippen LogP contribution in [-0.4, -0.2) is 47.4 Å². The summed E-state index contributed by atoms with van der Waals surface area (Å²) in [6.07, 6.45) is 73.3. The van der Waals surface area contributed by atoms with Gasteiger partial charge in [0.1, 0.15) is 0 Å². The summed E-state index contributed by atoms with van der Waals surface area (Å²) in [5.74, 6) is -0.0419. The van der Waals surface area contributed by atoms with Crippen LogP contribution in [0.4, 0.5) is 0 Å². The molecule has 0 aliphatic heterocycles. The minimum Gasteiger partial charge on any atom is -0.466 e. The smallest absolute Gasteiger partial charge is 0.305 e. The number of amides is 1. The largest absolute Gasteiger partial charge is 0.466 e. The summed E-state index contributed by atoms with van der Waals surface area (Å²) >= 11 is 0. The highest BCUT2D eigenvalue weighted by molar-refractivity contribution is 5.76. The average molecular weight is 987 g/mol. The van der Waals surface area contributed by atoms with Gasteiger partial charge in [0, 0.05) is 12.8 Å². The number of hydrogen-bond acceptors (Lipinski definition) is 5. The number of carbonyl (C=O) groups excluding carboxylic acids is 2. The molecule has 0 radical (unpaired) electrons. The Bertz CT molecular complexity index is 1090. The quantitative estimate of drug-likeness (QED) is 0.0321. The fraction of sp³-hybridized carbons (Fsp3) is 0.906. The van der Waals surface area contributed by atoms with Crippen LogP contribution >= 0.6 is 0 Å². The lowest BCUT2D eigenvalue weighted by Gasteiger charge is -2.22. The molecule has 6 nitrogen and oxygen atoms in total. The fourth-order valence-corrected chi connectivity index (χ4v) is 9.85. The van der Waals surface area contributed by atoms with Gasteiger partial charge in [0.05, 0.1) is 25.4 Å². The van der Waals surface area contributed by atoms with Gasteiger partial charge in [0.25, 0.3) is 0 Å². The highest BCUT2D eigenvalue weighted by atomic mass is 16.5. The van der Waals surface area contributed by atoms with E-state index in [2.05, 4.69) is 43.5 Å². The molecule has 0 heterocycles. The Morgan fingerprint density at radius 3 is 1.06 bits per heavy atom. The molecule has 0 aliphatic carbocycles. The van der Waals surface area contributed by atoms with Gasteiger partial charge in [-0.15, -0.1) is 0 Å². The monoisotopic (exact) mass is 986 g/mol. The number of carbonyl (C=O) groups is 2. The van der Waals surface area contributed by atoms with E-state index in [1.54, 1.807) is 0 Å². The number of nitrogens with one attached hydrogen (secondary N) is 1. The molecule has 0 aromatic rings. The van der Waals surface area contributed by atoms with E-state index < -0.39 is 12.1 Å². The van der Waals surface area contributed by atoms with Crippen molar-refractivity contribution in [2.45, 2.75) is 360 Å². The lowest BCUT2D eigenvalue weighted by molar-refractivity contribution is -0.143. The molecule has 3 N–H and O–H groups in total. The maximum Gasteiger partial charge on any atom is 0.305 e. The molecule has 414 valence electrons. The van der Waals surface area contributed by atoms with Gasteiger partial charge >= 0.3 is 5.97 Å². The molecule has 2 atom stereocenters. The van der Waals surface area contributed by atoms with E-state index in [-0.39, 0.29) is 18.5 Å². The second kappa shape index (κ2) is 59.9. The number of aliphatic hydroxyl groups excluding tert-OH is 2. The molecule has 0 saturated heterocycles. The van der Waals surface area contributed by atoms with Crippen molar-refractivity contribution in [1.29, 1.82) is 0 Å². The molecule has 0 aliphatic rings. The number of rotatable bonds is 59. The SMILES string of the molecule is CCCC/C=C\CCCCCCCC(=O)OCCCCCCCCCCCC/C=C\CCCCCCCCCC(=O)NC(CO)C(O)CCCCCCCCCCCCCCCCCCCCCCC. The molecule has 0 bridgehead atoms. The first kappa shape index (κ1) is 68.3. The van der Waals surface area contributed by atoms with Gasteiger partial charge < -0.3 is 20.3 Å². The molecule has 2 unspecified atom stereocenters. The zero-order chi connectivity index (χ0) is 50.7. The molecule has 0 spiro atoms. The Hall–Kier alpha value is -1.66. The Morgan fingerprint density at radius 1 is 0.386 bits per heavy atom. The number of aliphatic hydroxyl groups is 2. The summed E-state index contributed by atoms with van der Waals surface area (Å²) in [6.45, 7) is 4.93. The fourth-order valence-electron chi connectivity index (χ4n) is 9.85. The summed E-state index contributed by atoms with van der Waals surface area (Å²) in [4.78, 5) is 24.5. The van der Waals surface area contributed by atoms with Gasteiger partial charge in [0.2, 0.25) is 5.91 Å². The van der Waals surface area contributed by atoms with Crippen LogP contribution in [0.15, 0.2) is 24.3 Å². The van der Waals surface area contributed by atoms with Crippen molar-refractivity contribution in [2.75, 3.05) is 13.2 Å².